The minimum atomic E-state index is -0.0201. The van der Waals surface area contributed by atoms with Crippen molar-refractivity contribution in [3.05, 3.63) is 53.1 Å². The molecule has 0 saturated heterocycles. The molecule has 0 unspecified atom stereocenters. The highest BCUT2D eigenvalue weighted by atomic mass is 35.5. The van der Waals surface area contributed by atoms with Crippen molar-refractivity contribution in [1.29, 1.82) is 0 Å². The molecule has 0 aliphatic heterocycles. The molecule has 0 saturated carbocycles. The summed E-state index contributed by atoms with van der Waals surface area (Å²) >= 11 is 6.07. The molecule has 0 aliphatic carbocycles. The fourth-order valence-electron chi connectivity index (χ4n) is 2.09. The third-order valence-corrected chi connectivity index (χ3v) is 3.93. The number of halogens is 1. The van der Waals surface area contributed by atoms with E-state index in [1.807, 2.05) is 68.4 Å². The van der Waals surface area contributed by atoms with Crippen LogP contribution in [0.25, 0.3) is 0 Å². The van der Waals surface area contributed by atoms with Crippen LogP contribution in [0.5, 0.6) is 0 Å². The Morgan fingerprint density at radius 3 is 2.35 bits per heavy atom. The van der Waals surface area contributed by atoms with E-state index >= 15 is 0 Å². The molecule has 0 radical (unpaired) electrons. The molecule has 5 heteroatoms. The number of carbonyl (C=O) groups is 1. The molecule has 0 aromatic heterocycles. The van der Waals surface area contributed by atoms with Crippen LogP contribution in [0, 0.1) is 6.92 Å². The lowest BCUT2D eigenvalue weighted by molar-refractivity contribution is -0.115. The predicted octanol–water partition coefficient (Wildman–Crippen LogP) is 4.16. The van der Waals surface area contributed by atoms with Crippen LogP contribution in [0.3, 0.4) is 0 Å². The van der Waals surface area contributed by atoms with Crippen molar-refractivity contribution < 1.29 is 4.79 Å². The van der Waals surface area contributed by atoms with Gasteiger partial charge in [-0.2, -0.15) is 0 Å². The van der Waals surface area contributed by atoms with E-state index in [0.29, 0.717) is 13.0 Å². The summed E-state index contributed by atoms with van der Waals surface area (Å²) < 4.78 is 0. The maximum atomic E-state index is 12.0. The first kappa shape index (κ1) is 17.2. The van der Waals surface area contributed by atoms with E-state index < -0.39 is 0 Å². The molecular weight excluding hydrogens is 310 g/mol. The molecule has 1 amide bonds. The summed E-state index contributed by atoms with van der Waals surface area (Å²) in [6.07, 6.45) is 0.390. The second-order valence-electron chi connectivity index (χ2n) is 5.63. The molecule has 0 heterocycles. The summed E-state index contributed by atoms with van der Waals surface area (Å²) in [4.78, 5) is 14.0. The second kappa shape index (κ2) is 7.88. The Kier molecular flexibility index (Phi) is 5.88. The van der Waals surface area contributed by atoms with Crippen LogP contribution in [0.1, 0.15) is 12.0 Å². The maximum absolute atomic E-state index is 12.0. The zero-order valence-corrected chi connectivity index (χ0v) is 14.4. The van der Waals surface area contributed by atoms with E-state index in [9.17, 15) is 4.79 Å². The van der Waals surface area contributed by atoms with Crippen LogP contribution in [0.4, 0.5) is 17.1 Å². The Balaban J connectivity index is 1.79. The van der Waals surface area contributed by atoms with Gasteiger partial charge in [-0.15, -0.1) is 0 Å². The number of benzene rings is 2. The van der Waals surface area contributed by atoms with Crippen LogP contribution in [0.15, 0.2) is 42.5 Å². The first-order chi connectivity index (χ1) is 11.0. The molecule has 0 spiro atoms. The molecule has 2 aromatic carbocycles. The van der Waals surface area contributed by atoms with E-state index in [2.05, 4.69) is 10.6 Å². The molecule has 0 atom stereocenters. The zero-order valence-electron chi connectivity index (χ0n) is 13.7. The van der Waals surface area contributed by atoms with Gasteiger partial charge in [-0.1, -0.05) is 17.7 Å². The number of nitrogens with zero attached hydrogens (tertiary/aromatic N) is 1. The number of amides is 1. The van der Waals surface area contributed by atoms with Gasteiger partial charge >= 0.3 is 0 Å². The summed E-state index contributed by atoms with van der Waals surface area (Å²) in [6.45, 7) is 2.52. The van der Waals surface area contributed by atoms with Gasteiger partial charge in [0.1, 0.15) is 0 Å². The van der Waals surface area contributed by atoms with Gasteiger partial charge in [0, 0.05) is 49.1 Å². The highest BCUT2D eigenvalue weighted by molar-refractivity contribution is 6.31. The van der Waals surface area contributed by atoms with Crippen LogP contribution in [-0.2, 0) is 4.79 Å². The van der Waals surface area contributed by atoms with Crippen molar-refractivity contribution in [2.75, 3.05) is 36.2 Å². The van der Waals surface area contributed by atoms with E-state index in [1.54, 1.807) is 0 Å². The zero-order chi connectivity index (χ0) is 16.8. The van der Waals surface area contributed by atoms with E-state index in [1.165, 1.54) is 0 Å². The Morgan fingerprint density at radius 1 is 1.09 bits per heavy atom. The van der Waals surface area contributed by atoms with Crippen molar-refractivity contribution >= 4 is 34.6 Å². The fraction of sp³-hybridized carbons (Fsp3) is 0.278. The molecule has 0 bridgehead atoms. The minimum Gasteiger partial charge on any atom is -0.384 e. The lowest BCUT2D eigenvalue weighted by Crippen LogP contribution is -2.16. The summed E-state index contributed by atoms with van der Waals surface area (Å²) in [7, 11) is 3.97. The SMILES string of the molecule is Cc1ccc(NCCC(=O)Nc2ccc(N(C)C)cc2)cc1Cl. The van der Waals surface area contributed by atoms with Gasteiger partial charge in [-0.3, -0.25) is 4.79 Å². The highest BCUT2D eigenvalue weighted by Crippen LogP contribution is 2.20. The van der Waals surface area contributed by atoms with Crippen molar-refractivity contribution in [2.45, 2.75) is 13.3 Å². The summed E-state index contributed by atoms with van der Waals surface area (Å²) in [5, 5.41) is 6.82. The Labute approximate surface area is 142 Å². The third kappa shape index (κ3) is 5.18. The Hall–Kier alpha value is -2.20. The molecule has 2 aromatic rings. The molecule has 122 valence electrons. The smallest absolute Gasteiger partial charge is 0.226 e. The number of anilines is 3. The van der Waals surface area contributed by atoms with Gasteiger partial charge in [0.2, 0.25) is 5.91 Å². The van der Waals surface area contributed by atoms with Crippen molar-refractivity contribution in [2.24, 2.45) is 0 Å². The Morgan fingerprint density at radius 2 is 1.74 bits per heavy atom. The average molecular weight is 332 g/mol. The van der Waals surface area contributed by atoms with Crippen LogP contribution < -0.4 is 15.5 Å². The van der Waals surface area contributed by atoms with E-state index in [0.717, 1.165) is 27.6 Å². The number of nitrogens with one attached hydrogen (secondary N) is 2. The quantitative estimate of drug-likeness (QED) is 0.835. The first-order valence-electron chi connectivity index (χ1n) is 7.53. The lowest BCUT2D eigenvalue weighted by atomic mass is 10.2. The monoisotopic (exact) mass is 331 g/mol. The molecule has 2 rings (SSSR count). The van der Waals surface area contributed by atoms with Crippen LogP contribution in [0.2, 0.25) is 5.02 Å². The standard InChI is InChI=1S/C18H22ClN3O/c1-13-4-5-15(12-17(13)19)20-11-10-18(23)21-14-6-8-16(9-7-14)22(2)3/h4-9,12,20H,10-11H2,1-3H3,(H,21,23). The number of rotatable bonds is 6. The van der Waals surface area contributed by atoms with Gasteiger partial charge in [0.15, 0.2) is 0 Å². The van der Waals surface area contributed by atoms with E-state index in [4.69, 9.17) is 11.6 Å². The van der Waals surface area contributed by atoms with Crippen molar-refractivity contribution in [3.8, 4) is 0 Å². The lowest BCUT2D eigenvalue weighted by Gasteiger charge is -2.13. The molecule has 4 nitrogen and oxygen atoms in total. The highest BCUT2D eigenvalue weighted by Gasteiger charge is 2.04. The molecule has 23 heavy (non-hydrogen) atoms. The Bertz CT molecular complexity index is 668. The van der Waals surface area contributed by atoms with Gasteiger partial charge in [0.05, 0.1) is 0 Å². The topological polar surface area (TPSA) is 44.4 Å². The third-order valence-electron chi connectivity index (χ3n) is 3.52. The van der Waals surface area contributed by atoms with Gasteiger partial charge in [-0.05, 0) is 48.9 Å². The second-order valence-corrected chi connectivity index (χ2v) is 6.04. The summed E-state index contributed by atoms with van der Waals surface area (Å²) in [5.41, 5.74) is 3.86. The van der Waals surface area contributed by atoms with Gasteiger partial charge < -0.3 is 15.5 Å². The summed E-state index contributed by atoms with van der Waals surface area (Å²) in [5.74, 6) is -0.0201. The molecular formula is C18H22ClN3O. The number of aryl methyl sites for hydroxylation is 1. The number of hydrogen-bond acceptors (Lipinski definition) is 3. The number of carbonyl (C=O) groups excluding carboxylic acids is 1. The van der Waals surface area contributed by atoms with Gasteiger partial charge in [-0.25, -0.2) is 0 Å². The van der Waals surface area contributed by atoms with Crippen molar-refractivity contribution in [3.63, 3.8) is 0 Å². The average Bonchev–Trinajstić information content (AvgIpc) is 2.51. The first-order valence-corrected chi connectivity index (χ1v) is 7.91. The molecule has 0 fully saturated rings. The van der Waals surface area contributed by atoms with E-state index in [-0.39, 0.29) is 5.91 Å². The fourth-order valence-corrected chi connectivity index (χ4v) is 2.27. The normalized spacial score (nSPS) is 10.3. The predicted molar refractivity (Wildman–Crippen MR) is 98.7 cm³/mol. The maximum Gasteiger partial charge on any atom is 0.226 e. The summed E-state index contributed by atoms with van der Waals surface area (Å²) in [6, 6.07) is 13.5. The van der Waals surface area contributed by atoms with Crippen LogP contribution >= 0.6 is 11.6 Å². The number of hydrogen-bond donors (Lipinski definition) is 2. The molecule has 0 aliphatic rings. The van der Waals surface area contributed by atoms with Crippen LogP contribution in [-0.4, -0.2) is 26.5 Å². The largest absolute Gasteiger partial charge is 0.384 e. The molecule has 2 N–H and O–H groups in total. The van der Waals surface area contributed by atoms with Crippen molar-refractivity contribution in [1.82, 2.24) is 0 Å². The minimum absolute atomic E-state index is 0.0201. The van der Waals surface area contributed by atoms with Gasteiger partial charge in [0.25, 0.3) is 0 Å².